The van der Waals surface area contributed by atoms with E-state index in [1.165, 1.54) is 19.3 Å². The molecule has 4 nitrogen and oxygen atoms in total. The van der Waals surface area contributed by atoms with Crippen molar-refractivity contribution in [3.8, 4) is 0 Å². The quantitative estimate of drug-likeness (QED) is 0.791. The lowest BCUT2D eigenvalue weighted by molar-refractivity contribution is 0.130. The van der Waals surface area contributed by atoms with Crippen LogP contribution < -0.4 is 11.1 Å². The highest BCUT2D eigenvalue weighted by Gasteiger charge is 2.30. The second-order valence-electron chi connectivity index (χ2n) is 6.00. The van der Waals surface area contributed by atoms with Crippen LogP contribution in [0.5, 0.6) is 0 Å². The van der Waals surface area contributed by atoms with E-state index in [1.54, 1.807) is 0 Å². The molecule has 0 radical (unpaired) electrons. The summed E-state index contributed by atoms with van der Waals surface area (Å²) in [4.78, 5) is 14.3. The molecule has 1 heterocycles. The van der Waals surface area contributed by atoms with E-state index in [9.17, 15) is 4.79 Å². The number of urea groups is 1. The summed E-state index contributed by atoms with van der Waals surface area (Å²) in [5, 5.41) is 3.20. The lowest BCUT2D eigenvalue weighted by atomic mass is 9.92. The zero-order valence-corrected chi connectivity index (χ0v) is 11.5. The van der Waals surface area contributed by atoms with Crippen molar-refractivity contribution in [3.63, 3.8) is 0 Å². The summed E-state index contributed by atoms with van der Waals surface area (Å²) in [5.41, 5.74) is 5.81. The van der Waals surface area contributed by atoms with E-state index in [0.29, 0.717) is 18.5 Å². The van der Waals surface area contributed by atoms with Crippen molar-refractivity contribution in [2.75, 3.05) is 13.1 Å². The zero-order chi connectivity index (χ0) is 13.0. The molecular weight excluding hydrogens is 226 g/mol. The molecule has 2 atom stereocenters. The van der Waals surface area contributed by atoms with Crippen LogP contribution in [0.4, 0.5) is 4.79 Å². The molecule has 2 amide bonds. The molecule has 1 saturated carbocycles. The van der Waals surface area contributed by atoms with Gasteiger partial charge in [-0.3, -0.25) is 0 Å². The van der Waals surface area contributed by atoms with Gasteiger partial charge >= 0.3 is 6.03 Å². The van der Waals surface area contributed by atoms with Crippen molar-refractivity contribution in [3.05, 3.63) is 0 Å². The fourth-order valence-corrected chi connectivity index (χ4v) is 3.25. The van der Waals surface area contributed by atoms with Crippen molar-refractivity contribution in [2.45, 2.75) is 64.0 Å². The third kappa shape index (κ3) is 3.37. The molecule has 4 heteroatoms. The number of hydrogen-bond donors (Lipinski definition) is 2. The summed E-state index contributed by atoms with van der Waals surface area (Å²) in [6, 6.07) is 0.741. The van der Waals surface area contributed by atoms with E-state index >= 15 is 0 Å². The topological polar surface area (TPSA) is 58.4 Å². The van der Waals surface area contributed by atoms with Crippen LogP contribution in [0.2, 0.25) is 0 Å². The second-order valence-corrected chi connectivity index (χ2v) is 6.00. The van der Waals surface area contributed by atoms with Gasteiger partial charge in [-0.2, -0.15) is 0 Å². The first-order chi connectivity index (χ1) is 8.70. The van der Waals surface area contributed by atoms with Crippen molar-refractivity contribution in [2.24, 2.45) is 11.7 Å². The molecule has 0 bridgehead atoms. The number of nitrogens with two attached hydrogens (primary N) is 1. The van der Waals surface area contributed by atoms with Crippen molar-refractivity contribution in [1.29, 1.82) is 0 Å². The lowest BCUT2D eigenvalue weighted by Gasteiger charge is -2.39. The summed E-state index contributed by atoms with van der Waals surface area (Å²) in [5.74, 6) is 0.692. The first kappa shape index (κ1) is 13.7. The highest BCUT2D eigenvalue weighted by molar-refractivity contribution is 5.75. The Morgan fingerprint density at radius 1 is 1.28 bits per heavy atom. The predicted molar refractivity (Wildman–Crippen MR) is 73.4 cm³/mol. The van der Waals surface area contributed by atoms with Gasteiger partial charge in [0.2, 0.25) is 0 Å². The van der Waals surface area contributed by atoms with Crippen LogP contribution in [-0.2, 0) is 0 Å². The Bertz CT molecular complexity index is 276. The number of hydrogen-bond acceptors (Lipinski definition) is 2. The number of nitrogens with one attached hydrogen (secondary N) is 1. The molecule has 104 valence electrons. The fourth-order valence-electron chi connectivity index (χ4n) is 3.25. The van der Waals surface area contributed by atoms with Gasteiger partial charge in [0.1, 0.15) is 0 Å². The van der Waals surface area contributed by atoms with Crippen molar-refractivity contribution < 1.29 is 4.79 Å². The van der Waals surface area contributed by atoms with Gasteiger partial charge in [0, 0.05) is 25.2 Å². The van der Waals surface area contributed by atoms with Crippen LogP contribution in [0.25, 0.3) is 0 Å². The van der Waals surface area contributed by atoms with E-state index in [1.807, 2.05) is 4.90 Å². The molecule has 0 spiro atoms. The Labute approximate surface area is 110 Å². The maximum atomic E-state index is 12.3. The number of carbonyl (C=O) groups excluding carboxylic acids is 1. The number of likely N-dealkylation sites (tertiary alicyclic amines) is 1. The van der Waals surface area contributed by atoms with Crippen LogP contribution in [0.1, 0.15) is 51.9 Å². The van der Waals surface area contributed by atoms with Crippen LogP contribution in [0.3, 0.4) is 0 Å². The summed E-state index contributed by atoms with van der Waals surface area (Å²) in [7, 11) is 0. The molecule has 1 aliphatic heterocycles. The molecule has 3 N–H and O–H groups in total. The Balaban J connectivity index is 1.86. The lowest BCUT2D eigenvalue weighted by Crippen LogP contribution is -2.54. The number of piperidine rings is 1. The molecular formula is C14H27N3O. The average Bonchev–Trinajstić information content (AvgIpc) is 2.39. The van der Waals surface area contributed by atoms with E-state index < -0.39 is 0 Å². The van der Waals surface area contributed by atoms with E-state index in [4.69, 9.17) is 5.73 Å². The molecule has 2 unspecified atom stereocenters. The largest absolute Gasteiger partial charge is 0.335 e. The molecule has 2 aliphatic rings. The van der Waals surface area contributed by atoms with Crippen molar-refractivity contribution >= 4 is 6.03 Å². The molecule has 2 rings (SSSR count). The van der Waals surface area contributed by atoms with Gasteiger partial charge < -0.3 is 16.0 Å². The molecule has 0 aromatic rings. The SMILES string of the molecule is CC1CCN(C(=O)NC2CCCCC2)C(CN)C1. The summed E-state index contributed by atoms with van der Waals surface area (Å²) in [6.45, 7) is 3.70. The Hall–Kier alpha value is -0.770. The van der Waals surface area contributed by atoms with Gasteiger partial charge in [-0.15, -0.1) is 0 Å². The minimum atomic E-state index is 0.115. The Kier molecular flexibility index (Phi) is 4.87. The van der Waals surface area contributed by atoms with Crippen LogP contribution >= 0.6 is 0 Å². The third-order valence-corrected chi connectivity index (χ3v) is 4.44. The van der Waals surface area contributed by atoms with E-state index in [2.05, 4.69) is 12.2 Å². The molecule has 0 aromatic heterocycles. The fraction of sp³-hybridized carbons (Fsp3) is 0.929. The maximum absolute atomic E-state index is 12.3. The minimum absolute atomic E-state index is 0.115. The van der Waals surface area contributed by atoms with Crippen molar-refractivity contribution in [1.82, 2.24) is 10.2 Å². The van der Waals surface area contributed by atoms with Gasteiger partial charge in [0.05, 0.1) is 0 Å². The van der Waals surface area contributed by atoms with Gasteiger partial charge in [0.15, 0.2) is 0 Å². The number of carbonyl (C=O) groups is 1. The number of amides is 2. The summed E-state index contributed by atoms with van der Waals surface area (Å²) < 4.78 is 0. The number of nitrogens with zero attached hydrogens (tertiary/aromatic N) is 1. The predicted octanol–water partition coefficient (Wildman–Crippen LogP) is 2.09. The van der Waals surface area contributed by atoms with Crippen LogP contribution in [-0.4, -0.2) is 36.1 Å². The number of rotatable bonds is 2. The standard InChI is InChI=1S/C14H27N3O/c1-11-7-8-17(13(9-11)10-15)14(18)16-12-5-3-2-4-6-12/h11-13H,2-10,15H2,1H3,(H,16,18). The molecule has 18 heavy (non-hydrogen) atoms. The van der Waals surface area contributed by atoms with Gasteiger partial charge in [-0.05, 0) is 31.6 Å². The first-order valence-corrected chi connectivity index (χ1v) is 7.48. The van der Waals surface area contributed by atoms with Crippen LogP contribution in [0.15, 0.2) is 0 Å². The third-order valence-electron chi connectivity index (χ3n) is 4.44. The second kappa shape index (κ2) is 6.41. The maximum Gasteiger partial charge on any atom is 0.317 e. The molecule has 1 aliphatic carbocycles. The molecule has 2 fully saturated rings. The van der Waals surface area contributed by atoms with Gasteiger partial charge in [-0.25, -0.2) is 4.79 Å². The molecule has 1 saturated heterocycles. The van der Waals surface area contributed by atoms with E-state index in [0.717, 1.165) is 32.2 Å². The van der Waals surface area contributed by atoms with E-state index in [-0.39, 0.29) is 12.1 Å². The normalized spacial score (nSPS) is 30.2. The van der Waals surface area contributed by atoms with Gasteiger partial charge in [0.25, 0.3) is 0 Å². The monoisotopic (exact) mass is 253 g/mol. The zero-order valence-electron chi connectivity index (χ0n) is 11.5. The Morgan fingerprint density at radius 3 is 2.67 bits per heavy atom. The first-order valence-electron chi connectivity index (χ1n) is 7.48. The highest BCUT2D eigenvalue weighted by atomic mass is 16.2. The highest BCUT2D eigenvalue weighted by Crippen LogP contribution is 2.23. The Morgan fingerprint density at radius 2 is 2.00 bits per heavy atom. The minimum Gasteiger partial charge on any atom is -0.335 e. The van der Waals surface area contributed by atoms with Gasteiger partial charge in [-0.1, -0.05) is 26.2 Å². The smallest absolute Gasteiger partial charge is 0.317 e. The summed E-state index contributed by atoms with van der Waals surface area (Å²) >= 11 is 0. The average molecular weight is 253 g/mol. The summed E-state index contributed by atoms with van der Waals surface area (Å²) in [6.07, 6.45) is 8.26. The van der Waals surface area contributed by atoms with Crippen LogP contribution in [0, 0.1) is 5.92 Å². The molecule has 0 aromatic carbocycles.